The molecule has 0 spiro atoms. The lowest BCUT2D eigenvalue weighted by atomic mass is 9.73. The normalized spacial score (nSPS) is 46.4. The second-order valence-electron chi connectivity index (χ2n) is 13.2. The van der Waals surface area contributed by atoms with Crippen LogP contribution in [0.5, 0.6) is 0 Å². The number of carbonyl (C=O) groups excluding carboxylic acids is 2. The molecule has 11 nitrogen and oxygen atoms in total. The first kappa shape index (κ1) is 37.1. The zero-order valence-corrected chi connectivity index (χ0v) is 27.3. The van der Waals surface area contributed by atoms with Crippen molar-refractivity contribution in [1.82, 2.24) is 4.90 Å². The van der Waals surface area contributed by atoms with Gasteiger partial charge in [0.05, 0.1) is 42.0 Å². The lowest BCUT2D eigenvalue weighted by Gasteiger charge is -2.46. The van der Waals surface area contributed by atoms with Crippen LogP contribution in [0.4, 0.5) is 0 Å². The first-order valence-corrected chi connectivity index (χ1v) is 15.6. The highest BCUT2D eigenvalue weighted by molar-refractivity contribution is 6.27. The molecule has 1 unspecified atom stereocenters. The van der Waals surface area contributed by atoms with Gasteiger partial charge in [-0.1, -0.05) is 27.7 Å². The minimum atomic E-state index is -1.89. The summed E-state index contributed by atoms with van der Waals surface area (Å²) in [5, 5.41) is 56.9. The van der Waals surface area contributed by atoms with E-state index in [9.17, 15) is 35.1 Å². The molecule has 0 aromatic carbocycles. The third-order valence-corrected chi connectivity index (χ3v) is 9.78. The summed E-state index contributed by atoms with van der Waals surface area (Å²) in [6.45, 7) is 12.9. The molecule has 42 heavy (non-hydrogen) atoms. The number of alkyl halides is 1. The molecule has 0 radical (unpaired) electrons. The Morgan fingerprint density at radius 2 is 1.64 bits per heavy atom. The highest BCUT2D eigenvalue weighted by atomic mass is 35.5. The van der Waals surface area contributed by atoms with E-state index in [1.54, 1.807) is 39.6 Å². The van der Waals surface area contributed by atoms with Gasteiger partial charge in [0.25, 0.3) is 0 Å². The zero-order chi connectivity index (χ0) is 32.3. The number of hydrogen-bond donors (Lipinski definition) is 5. The van der Waals surface area contributed by atoms with E-state index in [0.717, 1.165) is 0 Å². The quantitative estimate of drug-likeness (QED) is 0.225. The van der Waals surface area contributed by atoms with Gasteiger partial charge < -0.3 is 44.6 Å². The second-order valence-corrected chi connectivity index (χ2v) is 13.5. The topological polar surface area (TPSA) is 166 Å². The summed E-state index contributed by atoms with van der Waals surface area (Å²) in [5.74, 6) is -4.50. The predicted octanol–water partition coefficient (Wildman–Crippen LogP) is 1.82. The molecule has 2 aliphatic rings. The number of aliphatic hydroxyl groups is 5. The number of cyclic esters (lactones) is 1. The summed E-state index contributed by atoms with van der Waals surface area (Å²) in [4.78, 5) is 27.1. The van der Waals surface area contributed by atoms with Gasteiger partial charge in [-0.15, -0.1) is 11.6 Å². The van der Waals surface area contributed by atoms with E-state index in [0.29, 0.717) is 12.8 Å². The van der Waals surface area contributed by atoms with Crippen LogP contribution in [0.25, 0.3) is 0 Å². The highest BCUT2D eigenvalue weighted by Gasteiger charge is 2.50. The third kappa shape index (κ3) is 8.35. The van der Waals surface area contributed by atoms with Crippen molar-refractivity contribution in [3.8, 4) is 0 Å². The van der Waals surface area contributed by atoms with E-state index in [-0.39, 0.29) is 36.8 Å². The number of hydrogen-bond acceptors (Lipinski definition) is 10. The van der Waals surface area contributed by atoms with Crippen LogP contribution in [0, 0.1) is 23.7 Å². The number of esters is 1. The molecule has 0 aliphatic carbocycles. The van der Waals surface area contributed by atoms with Crippen LogP contribution in [0.15, 0.2) is 0 Å². The van der Waals surface area contributed by atoms with Crippen molar-refractivity contribution in [2.24, 2.45) is 23.7 Å². The molecule has 2 aliphatic heterocycles. The predicted molar refractivity (Wildman–Crippen MR) is 156 cm³/mol. The molecule has 246 valence electrons. The largest absolute Gasteiger partial charge is 0.459 e. The number of halogens is 1. The average Bonchev–Trinajstić information content (AvgIpc) is 2.93. The van der Waals surface area contributed by atoms with Crippen molar-refractivity contribution in [3.63, 3.8) is 0 Å². The van der Waals surface area contributed by atoms with Gasteiger partial charge in [0.2, 0.25) is 5.91 Å². The molecule has 0 bridgehead atoms. The molecule has 0 saturated carbocycles. The minimum absolute atomic E-state index is 0.00146. The Bertz CT molecular complexity index is 903. The Balaban J connectivity index is 2.49. The molecule has 1 amide bonds. The van der Waals surface area contributed by atoms with E-state index in [1.165, 1.54) is 20.8 Å². The first-order valence-electron chi connectivity index (χ1n) is 15.1. The van der Waals surface area contributed by atoms with Crippen molar-refractivity contribution in [1.29, 1.82) is 0 Å². The van der Waals surface area contributed by atoms with Crippen molar-refractivity contribution in [3.05, 3.63) is 0 Å². The van der Waals surface area contributed by atoms with Crippen molar-refractivity contribution >= 4 is 23.5 Å². The Morgan fingerprint density at radius 1 is 1.05 bits per heavy atom. The van der Waals surface area contributed by atoms with Crippen LogP contribution < -0.4 is 0 Å². The molecular formula is C30H54ClNO10. The maximum absolute atomic E-state index is 13.2. The number of aliphatic hydroxyl groups excluding tert-OH is 3. The second kappa shape index (κ2) is 14.8. The molecule has 0 aromatic heterocycles. The van der Waals surface area contributed by atoms with Crippen LogP contribution in [-0.2, 0) is 23.8 Å². The Hall–Kier alpha value is -1.05. The molecule has 2 heterocycles. The van der Waals surface area contributed by atoms with Crippen molar-refractivity contribution in [2.45, 2.75) is 141 Å². The van der Waals surface area contributed by atoms with Gasteiger partial charge >= 0.3 is 5.97 Å². The van der Waals surface area contributed by atoms with Crippen LogP contribution in [0.1, 0.15) is 81.1 Å². The summed E-state index contributed by atoms with van der Waals surface area (Å²) >= 11 is 5.78. The van der Waals surface area contributed by atoms with Gasteiger partial charge in [-0.25, -0.2) is 0 Å². The average molecular weight is 624 g/mol. The monoisotopic (exact) mass is 623 g/mol. The fourth-order valence-electron chi connectivity index (χ4n) is 6.73. The zero-order valence-electron chi connectivity index (χ0n) is 26.6. The third-order valence-electron chi connectivity index (χ3n) is 9.55. The molecule has 14 atom stereocenters. The smallest absolute Gasteiger partial charge is 0.311 e. The summed E-state index contributed by atoms with van der Waals surface area (Å²) < 4.78 is 18.1. The van der Waals surface area contributed by atoms with Gasteiger partial charge in [-0.2, -0.15) is 0 Å². The Labute approximate surface area is 255 Å². The molecule has 2 saturated heterocycles. The number of nitrogens with zero attached hydrogens (tertiary/aromatic N) is 1. The van der Waals surface area contributed by atoms with Crippen molar-refractivity contribution < 1.29 is 49.3 Å². The van der Waals surface area contributed by atoms with Crippen LogP contribution in [0.2, 0.25) is 0 Å². The maximum atomic E-state index is 13.2. The number of rotatable bonds is 5. The molecule has 0 aromatic rings. The summed E-state index contributed by atoms with van der Waals surface area (Å²) in [6, 6.07) is -0.232. The molecular weight excluding hydrogens is 570 g/mol. The molecule has 5 N–H and O–H groups in total. The fourth-order valence-corrected chi connectivity index (χ4v) is 6.92. The van der Waals surface area contributed by atoms with E-state index in [1.807, 2.05) is 6.92 Å². The van der Waals surface area contributed by atoms with Gasteiger partial charge in [0.1, 0.15) is 17.6 Å². The highest BCUT2D eigenvalue weighted by Crippen LogP contribution is 2.38. The van der Waals surface area contributed by atoms with Gasteiger partial charge in [-0.3, -0.25) is 9.59 Å². The first-order chi connectivity index (χ1) is 19.3. The number of ether oxygens (including phenoxy) is 3. The fraction of sp³-hybridized carbons (Fsp3) is 0.933. The van der Waals surface area contributed by atoms with Gasteiger partial charge in [0, 0.05) is 31.3 Å². The Morgan fingerprint density at radius 3 is 2.19 bits per heavy atom. The van der Waals surface area contributed by atoms with E-state index >= 15 is 0 Å². The van der Waals surface area contributed by atoms with Crippen LogP contribution in [-0.4, -0.2) is 115 Å². The lowest BCUT2D eigenvalue weighted by Crippen LogP contribution is -2.58. The number of carbonyl (C=O) groups is 2. The molecule has 12 heteroatoms. The van der Waals surface area contributed by atoms with Crippen molar-refractivity contribution in [2.75, 3.05) is 12.9 Å². The van der Waals surface area contributed by atoms with Crippen LogP contribution >= 0.6 is 11.6 Å². The SMILES string of the molecule is CC[C@H]1OC(=O)[C@H](C)[C@@H](O)[C@H](C)[C@H](O[C@H]2CC(N(C)C(=O)CCl)C[C@@H](C)O2)[C@](C)(O)C[C@H](C)[C@H](O)[C@@H](C)[C@H](O)[C@]1(C)O. The molecule has 2 fully saturated rings. The lowest BCUT2D eigenvalue weighted by molar-refractivity contribution is -0.268. The van der Waals surface area contributed by atoms with Gasteiger partial charge in [0.15, 0.2) is 6.29 Å². The minimum Gasteiger partial charge on any atom is -0.459 e. The van der Waals surface area contributed by atoms with Gasteiger partial charge in [-0.05, 0) is 52.9 Å². The summed E-state index contributed by atoms with van der Waals surface area (Å²) in [7, 11) is 1.67. The summed E-state index contributed by atoms with van der Waals surface area (Å²) in [6.07, 6.45) is -6.21. The maximum Gasteiger partial charge on any atom is 0.311 e. The van der Waals surface area contributed by atoms with E-state index in [2.05, 4.69) is 0 Å². The Kier molecular flexibility index (Phi) is 13.1. The van der Waals surface area contributed by atoms with Crippen LogP contribution in [0.3, 0.4) is 0 Å². The molecule has 2 rings (SSSR count). The number of amides is 1. The van der Waals surface area contributed by atoms with E-state index in [4.69, 9.17) is 25.8 Å². The standard InChI is InChI=1S/C30H54ClNO10/c1-10-21-30(8,39)26(36)17(4)24(34)15(2)13-29(7,38)27(18(5)25(35)19(6)28(37)41-21)42-23-12-20(11-16(3)40-23)32(9)22(33)14-31/h15-21,23-27,34-36,38-39H,10-14H2,1-9H3/t15-,16+,17+,18-,19+,20?,21+,23-,24-,25-,26-,27-,29+,30+/m0/s1. The van der Waals surface area contributed by atoms with E-state index < -0.39 is 77.7 Å². The summed E-state index contributed by atoms with van der Waals surface area (Å²) in [5.41, 5.74) is -3.53.